The lowest BCUT2D eigenvalue weighted by molar-refractivity contribution is 0.340. The van der Waals surface area contributed by atoms with Crippen LogP contribution in [-0.4, -0.2) is 6.61 Å². The van der Waals surface area contributed by atoms with Gasteiger partial charge in [-0.3, -0.25) is 0 Å². The first-order valence-corrected chi connectivity index (χ1v) is 13.3. The van der Waals surface area contributed by atoms with Crippen LogP contribution in [0.1, 0.15) is 57.9 Å². The first-order valence-electron chi connectivity index (χ1n) is 13.3. The second kappa shape index (κ2) is 13.0. The van der Waals surface area contributed by atoms with Gasteiger partial charge in [-0.05, 0) is 76.9 Å². The SMILES string of the molecule is CCCCCCCCc1ccc(-c2ccc(-c3ccc(OCC)cc3)cc2-c2ccccc2)cc1. The van der Waals surface area contributed by atoms with Crippen molar-refractivity contribution in [2.45, 2.75) is 58.8 Å². The lowest BCUT2D eigenvalue weighted by Crippen LogP contribution is -1.91. The van der Waals surface area contributed by atoms with Crippen LogP contribution in [0.25, 0.3) is 33.4 Å². The Morgan fingerprint density at radius 2 is 1.14 bits per heavy atom. The zero-order valence-electron chi connectivity index (χ0n) is 21.3. The van der Waals surface area contributed by atoms with E-state index in [0.717, 1.165) is 5.75 Å². The normalized spacial score (nSPS) is 10.9. The van der Waals surface area contributed by atoms with E-state index >= 15 is 0 Å². The maximum absolute atomic E-state index is 5.62. The molecule has 180 valence electrons. The summed E-state index contributed by atoms with van der Waals surface area (Å²) in [6.07, 6.45) is 9.23. The van der Waals surface area contributed by atoms with Gasteiger partial charge in [-0.15, -0.1) is 0 Å². The Morgan fingerprint density at radius 3 is 1.86 bits per heavy atom. The van der Waals surface area contributed by atoms with Gasteiger partial charge >= 0.3 is 0 Å². The molecule has 4 rings (SSSR count). The van der Waals surface area contributed by atoms with E-state index in [1.807, 2.05) is 6.92 Å². The van der Waals surface area contributed by atoms with Crippen molar-refractivity contribution in [1.29, 1.82) is 0 Å². The molecule has 0 saturated heterocycles. The average molecular weight is 463 g/mol. The van der Waals surface area contributed by atoms with Crippen LogP contribution in [0.3, 0.4) is 0 Å². The summed E-state index contributed by atoms with van der Waals surface area (Å²) in [6, 6.07) is 35.2. The Labute approximate surface area is 211 Å². The number of rotatable bonds is 12. The molecular weight excluding hydrogens is 424 g/mol. The summed E-state index contributed by atoms with van der Waals surface area (Å²) >= 11 is 0. The number of hydrogen-bond donors (Lipinski definition) is 0. The first kappa shape index (κ1) is 24.8. The molecule has 1 nitrogen and oxygen atoms in total. The Hall–Kier alpha value is -3.32. The molecule has 0 fully saturated rings. The average Bonchev–Trinajstić information content (AvgIpc) is 2.92. The van der Waals surface area contributed by atoms with E-state index in [0.29, 0.717) is 6.61 Å². The number of benzene rings is 4. The van der Waals surface area contributed by atoms with Crippen LogP contribution < -0.4 is 4.74 Å². The summed E-state index contributed by atoms with van der Waals surface area (Å²) in [5, 5.41) is 0. The van der Waals surface area contributed by atoms with Gasteiger partial charge in [0.15, 0.2) is 0 Å². The molecule has 1 heteroatoms. The number of ether oxygens (including phenoxy) is 1. The predicted molar refractivity (Wildman–Crippen MR) is 151 cm³/mol. The third-order valence-electron chi connectivity index (χ3n) is 6.69. The number of hydrogen-bond acceptors (Lipinski definition) is 1. The van der Waals surface area contributed by atoms with Crippen LogP contribution >= 0.6 is 0 Å². The minimum atomic E-state index is 0.684. The van der Waals surface area contributed by atoms with Crippen LogP contribution in [0, 0.1) is 0 Å². The summed E-state index contributed by atoms with van der Waals surface area (Å²) in [5.74, 6) is 0.914. The van der Waals surface area contributed by atoms with E-state index in [1.54, 1.807) is 0 Å². The monoisotopic (exact) mass is 462 g/mol. The topological polar surface area (TPSA) is 9.23 Å². The standard InChI is InChI=1S/C34H38O/c1-3-5-6-7-8-10-13-27-16-18-30(19-17-27)33-25-22-31(26-34(33)29-14-11-9-12-15-29)28-20-23-32(24-21-28)35-4-2/h9,11-12,14-26H,3-8,10,13H2,1-2H3. The smallest absolute Gasteiger partial charge is 0.119 e. The Balaban J connectivity index is 1.56. The Kier molecular flexibility index (Phi) is 9.17. The van der Waals surface area contributed by atoms with Crippen molar-refractivity contribution in [2.24, 2.45) is 0 Å². The summed E-state index contributed by atoms with van der Waals surface area (Å²) < 4.78 is 5.62. The Bertz CT molecular complexity index is 1160. The zero-order valence-corrected chi connectivity index (χ0v) is 21.3. The van der Waals surface area contributed by atoms with Crippen molar-refractivity contribution in [3.05, 3.63) is 103 Å². The number of unbranched alkanes of at least 4 members (excludes halogenated alkanes) is 5. The quantitative estimate of drug-likeness (QED) is 0.190. The molecule has 0 bridgehead atoms. The molecule has 0 amide bonds. The van der Waals surface area contributed by atoms with E-state index in [2.05, 4.69) is 104 Å². The molecule has 0 radical (unpaired) electrons. The fourth-order valence-corrected chi connectivity index (χ4v) is 4.70. The summed E-state index contributed by atoms with van der Waals surface area (Å²) in [4.78, 5) is 0. The fourth-order valence-electron chi connectivity index (χ4n) is 4.70. The molecule has 0 atom stereocenters. The maximum atomic E-state index is 5.62. The van der Waals surface area contributed by atoms with Crippen molar-refractivity contribution in [3.8, 4) is 39.1 Å². The summed E-state index contributed by atoms with van der Waals surface area (Å²) in [6.45, 7) is 4.97. The fraction of sp³-hybridized carbons (Fsp3) is 0.294. The van der Waals surface area contributed by atoms with Crippen molar-refractivity contribution < 1.29 is 4.74 Å². The van der Waals surface area contributed by atoms with Gasteiger partial charge in [0.25, 0.3) is 0 Å². The van der Waals surface area contributed by atoms with Gasteiger partial charge in [-0.25, -0.2) is 0 Å². The predicted octanol–water partition coefficient (Wildman–Crippen LogP) is 9.99. The summed E-state index contributed by atoms with van der Waals surface area (Å²) in [7, 11) is 0. The van der Waals surface area contributed by atoms with Gasteiger partial charge in [0.2, 0.25) is 0 Å². The van der Waals surface area contributed by atoms with E-state index in [4.69, 9.17) is 4.74 Å². The largest absolute Gasteiger partial charge is 0.494 e. The highest BCUT2D eigenvalue weighted by atomic mass is 16.5. The molecule has 0 aliphatic carbocycles. The van der Waals surface area contributed by atoms with Gasteiger partial charge in [-0.1, -0.05) is 118 Å². The van der Waals surface area contributed by atoms with Crippen molar-refractivity contribution in [2.75, 3.05) is 6.61 Å². The van der Waals surface area contributed by atoms with Crippen LogP contribution in [0.2, 0.25) is 0 Å². The number of aryl methyl sites for hydroxylation is 1. The van der Waals surface area contributed by atoms with Gasteiger partial charge < -0.3 is 4.74 Å². The summed E-state index contributed by atoms with van der Waals surface area (Å²) in [5.41, 5.74) is 8.91. The maximum Gasteiger partial charge on any atom is 0.119 e. The molecule has 35 heavy (non-hydrogen) atoms. The molecule has 0 N–H and O–H groups in total. The minimum Gasteiger partial charge on any atom is -0.494 e. The third-order valence-corrected chi connectivity index (χ3v) is 6.69. The molecular formula is C34H38O. The lowest BCUT2D eigenvalue weighted by atomic mass is 9.90. The Morgan fingerprint density at radius 1 is 0.514 bits per heavy atom. The minimum absolute atomic E-state index is 0.684. The van der Waals surface area contributed by atoms with Crippen LogP contribution in [0.4, 0.5) is 0 Å². The van der Waals surface area contributed by atoms with E-state index in [-0.39, 0.29) is 0 Å². The second-order valence-corrected chi connectivity index (χ2v) is 9.30. The van der Waals surface area contributed by atoms with Crippen molar-refractivity contribution >= 4 is 0 Å². The second-order valence-electron chi connectivity index (χ2n) is 9.30. The van der Waals surface area contributed by atoms with Crippen molar-refractivity contribution in [3.63, 3.8) is 0 Å². The van der Waals surface area contributed by atoms with Crippen LogP contribution in [0.15, 0.2) is 97.1 Å². The highest BCUT2D eigenvalue weighted by Crippen LogP contribution is 2.36. The van der Waals surface area contributed by atoms with E-state index < -0.39 is 0 Å². The molecule has 0 saturated carbocycles. The zero-order chi connectivity index (χ0) is 24.3. The van der Waals surface area contributed by atoms with Crippen molar-refractivity contribution in [1.82, 2.24) is 0 Å². The van der Waals surface area contributed by atoms with E-state index in [9.17, 15) is 0 Å². The first-order chi connectivity index (χ1) is 17.3. The third kappa shape index (κ3) is 6.85. The van der Waals surface area contributed by atoms with Gasteiger partial charge in [-0.2, -0.15) is 0 Å². The lowest BCUT2D eigenvalue weighted by Gasteiger charge is -2.14. The van der Waals surface area contributed by atoms with Gasteiger partial charge in [0, 0.05) is 0 Å². The molecule has 4 aromatic rings. The molecule has 0 aliphatic rings. The van der Waals surface area contributed by atoms with Crippen LogP contribution in [-0.2, 0) is 6.42 Å². The van der Waals surface area contributed by atoms with Gasteiger partial charge in [0.1, 0.15) is 5.75 Å². The molecule has 0 heterocycles. The van der Waals surface area contributed by atoms with Gasteiger partial charge in [0.05, 0.1) is 6.61 Å². The van der Waals surface area contributed by atoms with E-state index in [1.165, 1.54) is 83.9 Å². The highest BCUT2D eigenvalue weighted by molar-refractivity contribution is 5.87. The molecule has 4 aromatic carbocycles. The molecule has 0 spiro atoms. The molecule has 0 aromatic heterocycles. The molecule has 0 aliphatic heterocycles. The molecule has 0 unspecified atom stereocenters. The highest BCUT2D eigenvalue weighted by Gasteiger charge is 2.10. The van der Waals surface area contributed by atoms with Crippen LogP contribution in [0.5, 0.6) is 5.75 Å².